The standard InChI is InChI=1S/C20H20N6O3.C19H20N6O2/c1-4-28-20(27)18-16-8-15-17(19-22-12(3)9-29-19)21-10-25(15)13-6-5-11(2)7-14(13)26(16)24-23-18;1-11-4-5-14-16(6-11)25-15(13(9-26-3)22-23-25)7-17-18(20-10-24(14)17)19-21-12(2)8-27-19/h5-7,10,12H,4,8-9H2,1-3H3;4-6,10,12H,7-9H2,1-3H3/t2*12-/m00/s1. The maximum absolute atomic E-state index is 12.5. The van der Waals surface area contributed by atoms with Crippen molar-refractivity contribution in [2.24, 2.45) is 9.98 Å². The van der Waals surface area contributed by atoms with E-state index in [0.717, 1.165) is 62.3 Å². The summed E-state index contributed by atoms with van der Waals surface area (Å²) in [6, 6.07) is 12.6. The van der Waals surface area contributed by atoms with E-state index in [1.165, 1.54) is 0 Å². The fraction of sp³-hybridized carbons (Fsp3) is 0.359. The molecule has 0 bridgehead atoms. The minimum atomic E-state index is -0.486. The van der Waals surface area contributed by atoms with Crippen molar-refractivity contribution >= 4 is 17.8 Å². The Morgan fingerprint density at radius 1 is 0.750 bits per heavy atom. The van der Waals surface area contributed by atoms with Crippen molar-refractivity contribution in [1.29, 1.82) is 0 Å². The molecule has 2 atom stereocenters. The van der Waals surface area contributed by atoms with Gasteiger partial charge < -0.3 is 18.9 Å². The van der Waals surface area contributed by atoms with E-state index in [1.54, 1.807) is 25.0 Å². The van der Waals surface area contributed by atoms with Gasteiger partial charge in [-0.1, -0.05) is 22.6 Å². The molecule has 286 valence electrons. The molecule has 2 aromatic carbocycles. The van der Waals surface area contributed by atoms with E-state index in [2.05, 4.69) is 70.3 Å². The Balaban J connectivity index is 0.000000147. The second-order valence-electron chi connectivity index (χ2n) is 14.2. The average Bonchev–Trinajstić information content (AvgIpc) is 4.04. The van der Waals surface area contributed by atoms with E-state index in [0.29, 0.717) is 55.8 Å². The molecule has 0 radical (unpaired) electrons. The zero-order valence-electron chi connectivity index (χ0n) is 31.9. The molecule has 0 saturated heterocycles. The van der Waals surface area contributed by atoms with Crippen molar-refractivity contribution in [1.82, 2.24) is 49.1 Å². The van der Waals surface area contributed by atoms with Crippen LogP contribution in [0.2, 0.25) is 0 Å². The van der Waals surface area contributed by atoms with Gasteiger partial charge in [0.25, 0.3) is 0 Å². The molecule has 10 rings (SSSR count). The van der Waals surface area contributed by atoms with Gasteiger partial charge in [-0.3, -0.25) is 9.13 Å². The van der Waals surface area contributed by atoms with E-state index in [-0.39, 0.29) is 24.4 Å². The number of rotatable bonds is 6. The minimum Gasteiger partial charge on any atom is -0.474 e. The molecule has 17 nitrogen and oxygen atoms in total. The van der Waals surface area contributed by atoms with Gasteiger partial charge in [0, 0.05) is 20.0 Å². The molecular weight excluding hydrogens is 717 g/mol. The van der Waals surface area contributed by atoms with Gasteiger partial charge in [-0.25, -0.2) is 34.1 Å². The molecule has 17 heteroatoms. The second-order valence-corrected chi connectivity index (χ2v) is 14.2. The quantitative estimate of drug-likeness (QED) is 0.224. The normalized spacial score (nSPS) is 17.2. The van der Waals surface area contributed by atoms with E-state index in [1.807, 2.05) is 54.5 Å². The number of aryl methyl sites for hydroxylation is 2. The van der Waals surface area contributed by atoms with Crippen LogP contribution in [-0.4, -0.2) is 106 Å². The van der Waals surface area contributed by atoms with Gasteiger partial charge in [-0.15, -0.1) is 10.2 Å². The summed E-state index contributed by atoms with van der Waals surface area (Å²) in [5.74, 6) is 0.651. The lowest BCUT2D eigenvalue weighted by Gasteiger charge is -2.10. The average molecular weight is 757 g/mol. The summed E-state index contributed by atoms with van der Waals surface area (Å²) >= 11 is 0. The number of hydrogen-bond acceptors (Lipinski definition) is 13. The molecule has 56 heavy (non-hydrogen) atoms. The molecule has 0 fully saturated rings. The first-order valence-corrected chi connectivity index (χ1v) is 18.5. The van der Waals surface area contributed by atoms with E-state index < -0.39 is 5.97 Å². The van der Waals surface area contributed by atoms with Crippen LogP contribution in [0, 0.1) is 13.8 Å². The van der Waals surface area contributed by atoms with Crippen molar-refractivity contribution in [2.45, 2.75) is 66.2 Å². The fourth-order valence-corrected chi connectivity index (χ4v) is 7.36. The molecule has 6 aromatic rings. The van der Waals surface area contributed by atoms with Crippen LogP contribution in [0.1, 0.15) is 82.2 Å². The van der Waals surface area contributed by atoms with Crippen molar-refractivity contribution < 1.29 is 23.7 Å². The highest BCUT2D eigenvalue weighted by Gasteiger charge is 2.33. The van der Waals surface area contributed by atoms with E-state index in [4.69, 9.17) is 18.9 Å². The third-order valence-corrected chi connectivity index (χ3v) is 10.00. The highest BCUT2D eigenvalue weighted by molar-refractivity contribution is 5.96. The van der Waals surface area contributed by atoms with Crippen LogP contribution in [0.5, 0.6) is 0 Å². The van der Waals surface area contributed by atoms with Crippen LogP contribution in [0.25, 0.3) is 22.7 Å². The second kappa shape index (κ2) is 14.0. The van der Waals surface area contributed by atoms with E-state index in [9.17, 15) is 4.79 Å². The zero-order valence-corrected chi connectivity index (χ0v) is 31.9. The monoisotopic (exact) mass is 756 g/mol. The van der Waals surface area contributed by atoms with Crippen LogP contribution in [0.3, 0.4) is 0 Å². The first-order valence-electron chi connectivity index (χ1n) is 18.5. The third-order valence-electron chi connectivity index (χ3n) is 10.00. The summed E-state index contributed by atoms with van der Waals surface area (Å²) in [5, 5.41) is 17.2. The number of fused-ring (bicyclic) bond motifs is 10. The summed E-state index contributed by atoms with van der Waals surface area (Å²) in [5.41, 5.74) is 12.0. The molecule has 0 unspecified atom stereocenters. The molecule has 4 aliphatic rings. The van der Waals surface area contributed by atoms with Crippen LogP contribution >= 0.6 is 0 Å². The number of carbonyl (C=O) groups excluding carboxylic acids is 1. The number of aliphatic imine (C=N–C) groups is 2. The molecule has 4 aliphatic heterocycles. The molecule has 0 aliphatic carbocycles. The van der Waals surface area contributed by atoms with Crippen LogP contribution < -0.4 is 0 Å². The molecule has 0 amide bonds. The molecule has 0 spiro atoms. The minimum absolute atomic E-state index is 0.0883. The van der Waals surface area contributed by atoms with Gasteiger partial charge in [0.2, 0.25) is 11.8 Å². The Morgan fingerprint density at radius 2 is 1.29 bits per heavy atom. The van der Waals surface area contributed by atoms with Crippen molar-refractivity contribution in [3.63, 3.8) is 0 Å². The number of ether oxygens (including phenoxy) is 4. The molecule has 0 saturated carbocycles. The van der Waals surface area contributed by atoms with Gasteiger partial charge in [0.1, 0.15) is 43.0 Å². The largest absolute Gasteiger partial charge is 0.474 e. The van der Waals surface area contributed by atoms with Gasteiger partial charge in [-0.2, -0.15) is 0 Å². The number of carbonyl (C=O) groups is 1. The summed E-state index contributed by atoms with van der Waals surface area (Å²) in [6.07, 6.45) is 4.60. The Morgan fingerprint density at radius 3 is 1.80 bits per heavy atom. The number of aromatic nitrogens is 10. The number of benzene rings is 2. The van der Waals surface area contributed by atoms with E-state index >= 15 is 0 Å². The Labute approximate surface area is 321 Å². The SMILES string of the molecule is CCOC(=O)c1nnn2c1Cc1c(C3=N[C@@H](C)CO3)ncn1-c1ccc(C)cc1-2.COCc1nnn2c1Cc1c(C3=N[C@@H](C)CO3)ncn1-c1ccc(C)cc1-2. The highest BCUT2D eigenvalue weighted by Crippen LogP contribution is 2.33. The predicted molar refractivity (Wildman–Crippen MR) is 203 cm³/mol. The Bertz CT molecular complexity index is 2580. The first kappa shape index (κ1) is 35.2. The number of esters is 1. The van der Waals surface area contributed by atoms with Gasteiger partial charge in [-0.05, 0) is 70.0 Å². The zero-order chi connectivity index (χ0) is 38.7. The number of nitrogens with zero attached hydrogens (tertiary/aromatic N) is 12. The Hall–Kier alpha value is -6.49. The van der Waals surface area contributed by atoms with Crippen LogP contribution in [-0.2, 0) is 38.4 Å². The third kappa shape index (κ3) is 5.94. The Kier molecular flexibility index (Phi) is 8.79. The fourth-order valence-electron chi connectivity index (χ4n) is 7.36. The first-order chi connectivity index (χ1) is 27.2. The van der Waals surface area contributed by atoms with Crippen molar-refractivity contribution in [3.8, 4) is 22.7 Å². The number of hydrogen-bond donors (Lipinski definition) is 0. The molecular formula is C39H40N12O5. The smallest absolute Gasteiger partial charge is 0.360 e. The van der Waals surface area contributed by atoms with Crippen LogP contribution in [0.15, 0.2) is 59.0 Å². The summed E-state index contributed by atoms with van der Waals surface area (Å²) < 4.78 is 29.8. The van der Waals surface area contributed by atoms with Gasteiger partial charge >= 0.3 is 5.97 Å². The lowest BCUT2D eigenvalue weighted by atomic mass is 10.1. The number of methoxy groups -OCH3 is 1. The number of imidazole rings is 2. The van der Waals surface area contributed by atoms with Crippen LogP contribution in [0.4, 0.5) is 0 Å². The predicted octanol–water partition coefficient (Wildman–Crippen LogP) is 3.98. The van der Waals surface area contributed by atoms with Gasteiger partial charge in [0.05, 0.1) is 70.8 Å². The topological polar surface area (TPSA) is 176 Å². The lowest BCUT2D eigenvalue weighted by Crippen LogP contribution is -2.12. The molecule has 4 aromatic heterocycles. The maximum atomic E-state index is 12.5. The van der Waals surface area contributed by atoms with Crippen molar-refractivity contribution in [3.05, 3.63) is 106 Å². The summed E-state index contributed by atoms with van der Waals surface area (Å²) in [7, 11) is 1.67. The molecule has 8 heterocycles. The summed E-state index contributed by atoms with van der Waals surface area (Å²) in [4.78, 5) is 30.9. The molecule has 0 N–H and O–H groups in total. The summed E-state index contributed by atoms with van der Waals surface area (Å²) in [6.45, 7) is 11.7. The highest BCUT2D eigenvalue weighted by atomic mass is 16.5. The van der Waals surface area contributed by atoms with Crippen molar-refractivity contribution in [2.75, 3.05) is 26.9 Å². The van der Waals surface area contributed by atoms with Gasteiger partial charge in [0.15, 0.2) is 5.69 Å². The maximum Gasteiger partial charge on any atom is 0.360 e. The lowest BCUT2D eigenvalue weighted by molar-refractivity contribution is 0.0518.